The van der Waals surface area contributed by atoms with Gasteiger partial charge >= 0.3 is 0 Å². The minimum Gasteiger partial charge on any atom is -0.352 e. The Morgan fingerprint density at radius 2 is 2.00 bits per heavy atom. The monoisotopic (exact) mass is 347 g/mol. The van der Waals surface area contributed by atoms with Gasteiger partial charge in [0.25, 0.3) is 5.56 Å². The summed E-state index contributed by atoms with van der Waals surface area (Å²) in [6.45, 7) is 1.19. The first kappa shape index (κ1) is 16.0. The summed E-state index contributed by atoms with van der Waals surface area (Å²) < 4.78 is 14.9. The molecule has 0 radical (unpaired) electrons. The van der Waals surface area contributed by atoms with Crippen LogP contribution >= 0.6 is 0 Å². The molecule has 6 nitrogen and oxygen atoms in total. The van der Waals surface area contributed by atoms with Gasteiger partial charge in [0, 0.05) is 30.9 Å². The molecule has 0 saturated carbocycles. The molecule has 1 saturated heterocycles. The molecular weight excluding hydrogens is 333 g/mol. The quantitative estimate of drug-likeness (QED) is 0.727. The Bertz CT molecular complexity index is 1050. The first-order chi connectivity index (χ1) is 12.6. The zero-order valence-corrected chi connectivity index (χ0v) is 13.7. The van der Waals surface area contributed by atoms with Crippen LogP contribution in [0.1, 0.15) is 11.6 Å². The molecule has 3 aromatic rings. The minimum absolute atomic E-state index is 0.0755. The second kappa shape index (κ2) is 6.41. The molecule has 3 heterocycles. The molecule has 0 unspecified atom stereocenters. The van der Waals surface area contributed by atoms with E-state index in [0.29, 0.717) is 29.9 Å². The van der Waals surface area contributed by atoms with E-state index in [1.165, 1.54) is 29.1 Å². The van der Waals surface area contributed by atoms with E-state index >= 15 is 0 Å². The van der Waals surface area contributed by atoms with Gasteiger partial charge in [0.1, 0.15) is 17.7 Å². The van der Waals surface area contributed by atoms with Crippen LogP contribution in [0.25, 0.3) is 11.3 Å². The standard InChI is InChI=1S/C19H14FN5O/c20-15-3-1-2-14(8-15)17-5-7-19(26)25(23-17)16-11-24(12-16)18-6-4-13(9-21)10-22-18/h1-8,10,16H,11-12H2. The van der Waals surface area contributed by atoms with E-state index in [-0.39, 0.29) is 17.4 Å². The molecule has 1 aliphatic heterocycles. The highest BCUT2D eigenvalue weighted by atomic mass is 19.1. The number of anilines is 1. The third kappa shape index (κ3) is 2.93. The Labute approximate surface area is 148 Å². The van der Waals surface area contributed by atoms with Gasteiger partial charge in [-0.25, -0.2) is 14.1 Å². The lowest BCUT2D eigenvalue weighted by Gasteiger charge is -2.40. The highest BCUT2D eigenvalue weighted by Gasteiger charge is 2.30. The zero-order valence-electron chi connectivity index (χ0n) is 13.7. The van der Waals surface area contributed by atoms with E-state index in [4.69, 9.17) is 5.26 Å². The summed E-state index contributed by atoms with van der Waals surface area (Å²) in [4.78, 5) is 18.4. The lowest BCUT2D eigenvalue weighted by Crippen LogP contribution is -2.51. The average Bonchev–Trinajstić information content (AvgIpc) is 2.62. The van der Waals surface area contributed by atoms with Crippen LogP contribution in [0.4, 0.5) is 10.2 Å². The fourth-order valence-electron chi connectivity index (χ4n) is 2.92. The number of halogens is 1. The number of nitrogens with zero attached hydrogens (tertiary/aromatic N) is 5. The predicted octanol–water partition coefficient (Wildman–Crippen LogP) is 2.38. The number of aromatic nitrogens is 3. The summed E-state index contributed by atoms with van der Waals surface area (Å²) in [7, 11) is 0. The maximum atomic E-state index is 13.4. The van der Waals surface area contributed by atoms with Crippen molar-refractivity contribution in [2.45, 2.75) is 6.04 Å². The molecule has 1 aromatic carbocycles. The molecule has 1 aliphatic rings. The third-order valence-corrected chi connectivity index (χ3v) is 4.35. The van der Waals surface area contributed by atoms with Gasteiger partial charge in [-0.1, -0.05) is 12.1 Å². The Morgan fingerprint density at radius 1 is 1.15 bits per heavy atom. The lowest BCUT2D eigenvalue weighted by molar-refractivity contribution is 0.353. The highest BCUT2D eigenvalue weighted by Crippen LogP contribution is 2.25. The molecular formula is C19H14FN5O. The summed E-state index contributed by atoms with van der Waals surface area (Å²) in [6, 6.07) is 14.6. The maximum Gasteiger partial charge on any atom is 0.267 e. The van der Waals surface area contributed by atoms with Crippen molar-refractivity contribution in [2.24, 2.45) is 0 Å². The molecule has 26 heavy (non-hydrogen) atoms. The molecule has 1 fully saturated rings. The number of pyridine rings is 1. The SMILES string of the molecule is N#Cc1ccc(N2CC(n3nc(-c4cccc(F)c4)ccc3=O)C2)nc1. The largest absolute Gasteiger partial charge is 0.352 e. The van der Waals surface area contributed by atoms with E-state index in [1.807, 2.05) is 11.0 Å². The number of benzene rings is 1. The third-order valence-electron chi connectivity index (χ3n) is 4.35. The van der Waals surface area contributed by atoms with E-state index in [9.17, 15) is 9.18 Å². The van der Waals surface area contributed by atoms with Crippen LogP contribution in [0.5, 0.6) is 0 Å². The first-order valence-corrected chi connectivity index (χ1v) is 8.11. The second-order valence-corrected chi connectivity index (χ2v) is 6.09. The normalized spacial score (nSPS) is 13.9. The average molecular weight is 347 g/mol. The molecule has 0 aliphatic carbocycles. The summed E-state index contributed by atoms with van der Waals surface area (Å²) in [5.74, 6) is 0.415. The molecule has 2 aromatic heterocycles. The van der Waals surface area contributed by atoms with E-state index in [2.05, 4.69) is 10.1 Å². The van der Waals surface area contributed by atoms with Crippen molar-refractivity contribution in [3.63, 3.8) is 0 Å². The van der Waals surface area contributed by atoms with Gasteiger partial charge in [-0.05, 0) is 30.3 Å². The van der Waals surface area contributed by atoms with E-state index in [1.54, 1.807) is 30.3 Å². The highest BCUT2D eigenvalue weighted by molar-refractivity contribution is 5.58. The van der Waals surface area contributed by atoms with Crippen LogP contribution in [0.15, 0.2) is 59.5 Å². The van der Waals surface area contributed by atoms with Crippen molar-refractivity contribution in [1.29, 1.82) is 5.26 Å². The Morgan fingerprint density at radius 3 is 2.69 bits per heavy atom. The molecule has 0 spiro atoms. The maximum absolute atomic E-state index is 13.4. The van der Waals surface area contributed by atoms with Gasteiger partial charge in [0.05, 0.1) is 17.3 Å². The topological polar surface area (TPSA) is 74.8 Å². The summed E-state index contributed by atoms with van der Waals surface area (Å²) in [6.07, 6.45) is 1.53. The zero-order chi connectivity index (χ0) is 18.1. The van der Waals surface area contributed by atoms with Crippen molar-refractivity contribution < 1.29 is 4.39 Å². The van der Waals surface area contributed by atoms with Gasteiger partial charge in [-0.3, -0.25) is 4.79 Å². The van der Waals surface area contributed by atoms with Crippen molar-refractivity contribution in [3.05, 3.63) is 76.5 Å². The van der Waals surface area contributed by atoms with Crippen molar-refractivity contribution in [2.75, 3.05) is 18.0 Å². The van der Waals surface area contributed by atoms with E-state index in [0.717, 1.165) is 5.82 Å². The molecule has 0 N–H and O–H groups in total. The fourth-order valence-corrected chi connectivity index (χ4v) is 2.92. The molecule has 0 amide bonds. The van der Waals surface area contributed by atoms with Crippen molar-refractivity contribution in [3.8, 4) is 17.3 Å². The predicted molar refractivity (Wildman–Crippen MR) is 94.1 cm³/mol. The number of rotatable bonds is 3. The van der Waals surface area contributed by atoms with Crippen LogP contribution in [0.2, 0.25) is 0 Å². The molecule has 4 rings (SSSR count). The van der Waals surface area contributed by atoms with Gasteiger partial charge in [-0.15, -0.1) is 0 Å². The fraction of sp³-hybridized carbons (Fsp3) is 0.158. The summed E-state index contributed by atoms with van der Waals surface area (Å²) in [5, 5.41) is 13.2. The molecule has 0 atom stereocenters. The van der Waals surface area contributed by atoms with Crippen molar-refractivity contribution >= 4 is 5.82 Å². The number of nitriles is 1. The molecule has 128 valence electrons. The second-order valence-electron chi connectivity index (χ2n) is 6.09. The lowest BCUT2D eigenvalue weighted by atomic mass is 10.1. The van der Waals surface area contributed by atoms with Gasteiger partial charge in [0.2, 0.25) is 0 Å². The van der Waals surface area contributed by atoms with Crippen molar-refractivity contribution in [1.82, 2.24) is 14.8 Å². The van der Waals surface area contributed by atoms with Crippen LogP contribution < -0.4 is 10.5 Å². The van der Waals surface area contributed by atoms with E-state index < -0.39 is 0 Å². The summed E-state index contributed by atoms with van der Waals surface area (Å²) in [5.41, 5.74) is 1.50. The first-order valence-electron chi connectivity index (χ1n) is 8.11. The summed E-state index contributed by atoms with van der Waals surface area (Å²) >= 11 is 0. The van der Waals surface area contributed by atoms with Crippen LogP contribution in [0.3, 0.4) is 0 Å². The minimum atomic E-state index is -0.344. The Balaban J connectivity index is 1.55. The van der Waals surface area contributed by atoms with Gasteiger partial charge < -0.3 is 4.90 Å². The van der Waals surface area contributed by atoms with Crippen LogP contribution in [-0.4, -0.2) is 27.9 Å². The van der Waals surface area contributed by atoms with Crippen LogP contribution in [-0.2, 0) is 0 Å². The molecule has 7 heteroatoms. The van der Waals surface area contributed by atoms with Gasteiger partial charge in [-0.2, -0.15) is 10.4 Å². The van der Waals surface area contributed by atoms with Gasteiger partial charge in [0.15, 0.2) is 0 Å². The number of hydrogen-bond acceptors (Lipinski definition) is 5. The Kier molecular flexibility index (Phi) is 3.93. The molecule has 0 bridgehead atoms. The number of hydrogen-bond donors (Lipinski definition) is 0. The Hall–Kier alpha value is -3.53. The smallest absolute Gasteiger partial charge is 0.267 e. The van der Waals surface area contributed by atoms with Crippen LogP contribution in [0, 0.1) is 17.1 Å².